The highest BCUT2D eigenvalue weighted by Gasteiger charge is 2.15. The predicted octanol–water partition coefficient (Wildman–Crippen LogP) is 2.78. The van der Waals surface area contributed by atoms with Crippen molar-refractivity contribution in [2.45, 2.75) is 4.90 Å². The Hall–Kier alpha value is -2.55. The molecule has 3 aromatic rings. The van der Waals surface area contributed by atoms with Gasteiger partial charge in [-0.2, -0.15) is 5.10 Å². The van der Waals surface area contributed by atoms with Crippen LogP contribution in [0.4, 0.5) is 0 Å². The average Bonchev–Trinajstić information content (AvgIpc) is 2.67. The van der Waals surface area contributed by atoms with E-state index in [0.29, 0.717) is 25.7 Å². The SMILES string of the molecule is O=C(CSc1cc(Cl)ccc1Cl)NNC(=O)c1n[nH]c(=O)c2ccccc12. The van der Waals surface area contributed by atoms with Crippen LogP contribution in [0.2, 0.25) is 10.0 Å². The Labute approximate surface area is 167 Å². The number of hydrogen-bond acceptors (Lipinski definition) is 5. The van der Waals surface area contributed by atoms with E-state index < -0.39 is 17.4 Å². The maximum atomic E-state index is 12.3. The second kappa shape index (κ2) is 8.43. The molecular formula is C17H12Cl2N4O3S. The number of nitrogens with zero attached hydrogens (tertiary/aromatic N) is 1. The maximum Gasteiger partial charge on any atom is 0.290 e. The minimum atomic E-state index is -0.651. The highest BCUT2D eigenvalue weighted by Crippen LogP contribution is 2.29. The van der Waals surface area contributed by atoms with E-state index in [1.54, 1.807) is 42.5 Å². The minimum absolute atomic E-state index is 0.00367. The number of aromatic nitrogens is 2. The van der Waals surface area contributed by atoms with Gasteiger partial charge in [0.2, 0.25) is 5.91 Å². The Balaban J connectivity index is 1.62. The summed E-state index contributed by atoms with van der Waals surface area (Å²) in [5.41, 5.74) is 4.17. The van der Waals surface area contributed by atoms with Crippen molar-refractivity contribution in [3.8, 4) is 0 Å². The number of fused-ring (bicyclic) bond motifs is 1. The third-order valence-electron chi connectivity index (χ3n) is 3.48. The summed E-state index contributed by atoms with van der Waals surface area (Å²) in [6, 6.07) is 11.5. The normalized spacial score (nSPS) is 10.6. The van der Waals surface area contributed by atoms with Crippen LogP contribution in [0.25, 0.3) is 10.8 Å². The van der Waals surface area contributed by atoms with Crippen LogP contribution in [0.3, 0.4) is 0 Å². The molecule has 3 N–H and O–H groups in total. The number of carbonyl (C=O) groups is 2. The fraction of sp³-hybridized carbons (Fsp3) is 0.0588. The van der Waals surface area contributed by atoms with Crippen LogP contribution in [0.5, 0.6) is 0 Å². The highest BCUT2D eigenvalue weighted by molar-refractivity contribution is 8.00. The van der Waals surface area contributed by atoms with E-state index in [9.17, 15) is 14.4 Å². The van der Waals surface area contributed by atoms with Gasteiger partial charge in [-0.05, 0) is 24.3 Å². The lowest BCUT2D eigenvalue weighted by atomic mass is 10.1. The molecule has 1 aromatic heterocycles. The molecule has 2 amide bonds. The van der Waals surface area contributed by atoms with Crippen molar-refractivity contribution in [1.29, 1.82) is 0 Å². The van der Waals surface area contributed by atoms with Crippen molar-refractivity contribution in [3.63, 3.8) is 0 Å². The van der Waals surface area contributed by atoms with Crippen LogP contribution in [0.15, 0.2) is 52.2 Å². The zero-order valence-corrected chi connectivity index (χ0v) is 15.9. The number of H-pyrrole nitrogens is 1. The molecular weight excluding hydrogens is 411 g/mol. The fourth-order valence-electron chi connectivity index (χ4n) is 2.24. The highest BCUT2D eigenvalue weighted by atomic mass is 35.5. The molecule has 27 heavy (non-hydrogen) atoms. The van der Waals surface area contributed by atoms with E-state index in [0.717, 1.165) is 0 Å². The molecule has 0 saturated heterocycles. The number of thioether (sulfide) groups is 1. The molecule has 0 radical (unpaired) electrons. The van der Waals surface area contributed by atoms with Crippen LogP contribution >= 0.6 is 35.0 Å². The summed E-state index contributed by atoms with van der Waals surface area (Å²) < 4.78 is 0. The Bertz CT molecular complexity index is 1090. The summed E-state index contributed by atoms with van der Waals surface area (Å²) in [6.07, 6.45) is 0. The average molecular weight is 423 g/mol. The summed E-state index contributed by atoms with van der Waals surface area (Å²) >= 11 is 13.1. The molecule has 1 heterocycles. The first-order chi connectivity index (χ1) is 13.0. The van der Waals surface area contributed by atoms with Gasteiger partial charge in [0.25, 0.3) is 11.5 Å². The van der Waals surface area contributed by atoms with Crippen molar-refractivity contribution in [2.24, 2.45) is 0 Å². The molecule has 0 aliphatic rings. The van der Waals surface area contributed by atoms with Crippen LogP contribution in [-0.4, -0.2) is 27.8 Å². The van der Waals surface area contributed by atoms with E-state index in [2.05, 4.69) is 21.0 Å². The Kier molecular flexibility index (Phi) is 6.00. The number of nitrogens with one attached hydrogen (secondary N) is 3. The van der Waals surface area contributed by atoms with E-state index in [4.69, 9.17) is 23.2 Å². The molecule has 0 unspecified atom stereocenters. The van der Waals surface area contributed by atoms with E-state index in [-0.39, 0.29) is 11.4 Å². The van der Waals surface area contributed by atoms with E-state index in [1.807, 2.05) is 0 Å². The molecule has 3 rings (SSSR count). The summed E-state index contributed by atoms with van der Waals surface area (Å²) in [6.45, 7) is 0. The van der Waals surface area contributed by atoms with Gasteiger partial charge < -0.3 is 0 Å². The zero-order chi connectivity index (χ0) is 19.4. The van der Waals surface area contributed by atoms with Gasteiger partial charge in [-0.1, -0.05) is 41.4 Å². The lowest BCUT2D eigenvalue weighted by Crippen LogP contribution is -2.43. The molecule has 138 valence electrons. The number of halogens is 2. The molecule has 0 fully saturated rings. The van der Waals surface area contributed by atoms with Crippen LogP contribution < -0.4 is 16.4 Å². The molecule has 0 atom stereocenters. The largest absolute Gasteiger partial charge is 0.290 e. The van der Waals surface area contributed by atoms with Gasteiger partial charge >= 0.3 is 0 Å². The van der Waals surface area contributed by atoms with Gasteiger partial charge in [-0.25, -0.2) is 5.10 Å². The topological polar surface area (TPSA) is 104 Å². The van der Waals surface area contributed by atoms with Crippen LogP contribution in [0.1, 0.15) is 10.5 Å². The Morgan fingerprint density at radius 1 is 1.07 bits per heavy atom. The van der Waals surface area contributed by atoms with Gasteiger partial charge in [0, 0.05) is 15.3 Å². The zero-order valence-electron chi connectivity index (χ0n) is 13.6. The first-order valence-electron chi connectivity index (χ1n) is 7.60. The number of rotatable bonds is 4. The third kappa shape index (κ3) is 4.60. The van der Waals surface area contributed by atoms with Gasteiger partial charge in [0.05, 0.1) is 16.2 Å². The maximum absolute atomic E-state index is 12.3. The molecule has 2 aromatic carbocycles. The molecule has 7 nitrogen and oxygen atoms in total. The molecule has 0 aliphatic heterocycles. The molecule has 0 spiro atoms. The van der Waals surface area contributed by atoms with Gasteiger partial charge in [-0.15, -0.1) is 11.8 Å². The minimum Gasteiger partial charge on any atom is -0.272 e. The van der Waals surface area contributed by atoms with Crippen molar-refractivity contribution in [1.82, 2.24) is 21.0 Å². The van der Waals surface area contributed by atoms with Gasteiger partial charge in [0.1, 0.15) is 0 Å². The number of hydrogen-bond donors (Lipinski definition) is 3. The number of benzene rings is 2. The number of amides is 2. The summed E-state index contributed by atoms with van der Waals surface area (Å²) in [5, 5.41) is 7.71. The Morgan fingerprint density at radius 2 is 1.81 bits per heavy atom. The quantitative estimate of drug-likeness (QED) is 0.442. The van der Waals surface area contributed by atoms with E-state index in [1.165, 1.54) is 11.8 Å². The lowest BCUT2D eigenvalue weighted by molar-refractivity contribution is -0.119. The van der Waals surface area contributed by atoms with Gasteiger partial charge in [0.15, 0.2) is 5.69 Å². The predicted molar refractivity (Wildman–Crippen MR) is 105 cm³/mol. The van der Waals surface area contributed by atoms with Crippen molar-refractivity contribution >= 4 is 57.6 Å². The number of hydrazine groups is 1. The van der Waals surface area contributed by atoms with Gasteiger partial charge in [-0.3, -0.25) is 25.2 Å². The summed E-state index contributed by atoms with van der Waals surface area (Å²) in [4.78, 5) is 36.7. The van der Waals surface area contributed by atoms with Crippen molar-refractivity contribution < 1.29 is 9.59 Å². The smallest absolute Gasteiger partial charge is 0.272 e. The standard InChI is InChI=1S/C17H12Cl2N4O3S/c18-9-5-6-12(19)13(7-9)27-8-14(24)20-23-17(26)15-10-3-1-2-4-11(10)16(25)22-21-15/h1-7H,8H2,(H,20,24)(H,22,25)(H,23,26). The van der Waals surface area contributed by atoms with Crippen LogP contribution in [-0.2, 0) is 4.79 Å². The second-order valence-electron chi connectivity index (χ2n) is 5.31. The summed E-state index contributed by atoms with van der Waals surface area (Å²) in [5.74, 6) is -1.08. The Morgan fingerprint density at radius 3 is 2.59 bits per heavy atom. The number of aromatic amines is 1. The number of carbonyl (C=O) groups excluding carboxylic acids is 2. The molecule has 0 bridgehead atoms. The lowest BCUT2D eigenvalue weighted by Gasteiger charge is -2.09. The molecule has 0 aliphatic carbocycles. The van der Waals surface area contributed by atoms with Crippen LogP contribution in [0, 0.1) is 0 Å². The molecule has 0 saturated carbocycles. The fourth-order valence-corrected chi connectivity index (χ4v) is 3.53. The first kappa shape index (κ1) is 19.2. The summed E-state index contributed by atoms with van der Waals surface area (Å²) in [7, 11) is 0. The molecule has 10 heteroatoms. The second-order valence-corrected chi connectivity index (χ2v) is 7.17. The third-order valence-corrected chi connectivity index (χ3v) is 5.21. The monoisotopic (exact) mass is 422 g/mol. The van der Waals surface area contributed by atoms with Crippen molar-refractivity contribution in [2.75, 3.05) is 5.75 Å². The first-order valence-corrected chi connectivity index (χ1v) is 9.34. The van der Waals surface area contributed by atoms with Crippen molar-refractivity contribution in [3.05, 3.63) is 68.6 Å². The van der Waals surface area contributed by atoms with E-state index >= 15 is 0 Å².